The zero-order valence-electron chi connectivity index (χ0n) is 9.43. The van der Waals surface area contributed by atoms with Gasteiger partial charge >= 0.3 is 12.0 Å². The fourth-order valence-electron chi connectivity index (χ4n) is 1.89. The fourth-order valence-corrected chi connectivity index (χ4v) is 1.89. The second-order valence-electron chi connectivity index (χ2n) is 3.96. The maximum absolute atomic E-state index is 11.8. The van der Waals surface area contributed by atoms with E-state index in [1.165, 1.54) is 0 Å². The van der Waals surface area contributed by atoms with Gasteiger partial charge in [0.2, 0.25) is 0 Å². The Balaban J connectivity index is 2.67. The molecule has 5 nitrogen and oxygen atoms in total. The molecule has 2 amide bonds. The average molecular weight is 214 g/mol. The summed E-state index contributed by atoms with van der Waals surface area (Å²) >= 11 is 0. The summed E-state index contributed by atoms with van der Waals surface area (Å²) in [6.45, 7) is 4.88. The lowest BCUT2D eigenvalue weighted by atomic mass is 10.0. The molecule has 1 fully saturated rings. The van der Waals surface area contributed by atoms with Gasteiger partial charge < -0.3 is 14.9 Å². The Morgan fingerprint density at radius 2 is 2.13 bits per heavy atom. The Bertz CT molecular complexity index is 267. The monoisotopic (exact) mass is 214 g/mol. The predicted molar refractivity (Wildman–Crippen MR) is 55.6 cm³/mol. The van der Waals surface area contributed by atoms with E-state index < -0.39 is 11.9 Å². The van der Waals surface area contributed by atoms with Crippen LogP contribution in [-0.4, -0.2) is 53.1 Å². The van der Waals surface area contributed by atoms with Crippen LogP contribution in [0.4, 0.5) is 4.79 Å². The number of aliphatic carboxylic acids is 1. The first kappa shape index (κ1) is 11.8. The minimum Gasteiger partial charge on any atom is -0.481 e. The van der Waals surface area contributed by atoms with Crippen LogP contribution in [0, 0.1) is 5.92 Å². The Morgan fingerprint density at radius 3 is 2.53 bits per heavy atom. The molecule has 0 aromatic heterocycles. The third-order valence-electron chi connectivity index (χ3n) is 3.12. The minimum atomic E-state index is -0.808. The van der Waals surface area contributed by atoms with Crippen LogP contribution in [0.3, 0.4) is 0 Å². The molecule has 0 bridgehead atoms. The Hall–Kier alpha value is -1.26. The molecule has 1 aliphatic rings. The Morgan fingerprint density at radius 1 is 1.53 bits per heavy atom. The van der Waals surface area contributed by atoms with Crippen molar-refractivity contribution in [1.82, 2.24) is 9.80 Å². The molecule has 1 N–H and O–H groups in total. The Kier molecular flexibility index (Phi) is 3.55. The summed E-state index contributed by atoms with van der Waals surface area (Å²) in [4.78, 5) is 25.9. The average Bonchev–Trinajstić information content (AvgIpc) is 2.57. The van der Waals surface area contributed by atoms with Gasteiger partial charge in [-0.15, -0.1) is 0 Å². The van der Waals surface area contributed by atoms with Crippen molar-refractivity contribution < 1.29 is 14.7 Å². The second kappa shape index (κ2) is 4.51. The van der Waals surface area contributed by atoms with Crippen molar-refractivity contribution in [2.24, 2.45) is 5.92 Å². The third-order valence-corrected chi connectivity index (χ3v) is 3.12. The van der Waals surface area contributed by atoms with Crippen molar-refractivity contribution in [3.05, 3.63) is 0 Å². The molecule has 1 saturated heterocycles. The van der Waals surface area contributed by atoms with Crippen molar-refractivity contribution in [2.75, 3.05) is 20.1 Å². The van der Waals surface area contributed by atoms with Gasteiger partial charge in [0.05, 0.1) is 5.92 Å². The number of hydrogen-bond acceptors (Lipinski definition) is 2. The quantitative estimate of drug-likeness (QED) is 0.741. The van der Waals surface area contributed by atoms with Crippen LogP contribution in [0.1, 0.15) is 20.3 Å². The molecule has 15 heavy (non-hydrogen) atoms. The zero-order chi connectivity index (χ0) is 11.6. The number of carbonyl (C=O) groups excluding carboxylic acids is 1. The number of nitrogens with zero attached hydrogens (tertiary/aromatic N) is 2. The van der Waals surface area contributed by atoms with E-state index in [0.717, 1.165) is 0 Å². The van der Waals surface area contributed by atoms with E-state index >= 15 is 0 Å². The Labute approximate surface area is 89.7 Å². The fraction of sp³-hybridized carbons (Fsp3) is 0.800. The molecule has 0 saturated carbocycles. The highest BCUT2D eigenvalue weighted by Gasteiger charge is 2.38. The smallest absolute Gasteiger partial charge is 0.319 e. The number of carbonyl (C=O) groups is 2. The molecule has 0 aromatic carbocycles. The topological polar surface area (TPSA) is 60.9 Å². The molecule has 1 rings (SSSR count). The standard InChI is InChI=1S/C10H18N2O3/c1-4-11(3)10(15)12-6-5-8(7(12)2)9(13)14/h7-8H,4-6H2,1-3H3,(H,13,14). The number of urea groups is 1. The van der Waals surface area contributed by atoms with Gasteiger partial charge in [-0.3, -0.25) is 4.79 Å². The van der Waals surface area contributed by atoms with Gasteiger partial charge in [0.1, 0.15) is 0 Å². The predicted octanol–water partition coefficient (Wildman–Crippen LogP) is 0.853. The SMILES string of the molecule is CCN(C)C(=O)N1CCC(C(=O)O)C1C. The number of hydrogen-bond donors (Lipinski definition) is 1. The van der Waals surface area contributed by atoms with Crippen LogP contribution in [0.5, 0.6) is 0 Å². The molecule has 5 heteroatoms. The van der Waals surface area contributed by atoms with Gasteiger partial charge in [-0.25, -0.2) is 4.79 Å². The molecule has 1 aliphatic heterocycles. The van der Waals surface area contributed by atoms with E-state index in [1.54, 1.807) is 23.8 Å². The van der Waals surface area contributed by atoms with E-state index in [4.69, 9.17) is 5.11 Å². The molecule has 86 valence electrons. The highest BCUT2D eigenvalue weighted by molar-refractivity contribution is 5.78. The van der Waals surface area contributed by atoms with Crippen molar-refractivity contribution in [3.63, 3.8) is 0 Å². The van der Waals surface area contributed by atoms with Crippen LogP contribution in [-0.2, 0) is 4.79 Å². The van der Waals surface area contributed by atoms with Crippen LogP contribution in [0.2, 0.25) is 0 Å². The number of carboxylic acids is 1. The molecule has 0 aromatic rings. The lowest BCUT2D eigenvalue weighted by molar-refractivity contribution is -0.142. The molecular weight excluding hydrogens is 196 g/mol. The van der Waals surface area contributed by atoms with Crippen LogP contribution in [0.15, 0.2) is 0 Å². The van der Waals surface area contributed by atoms with Gasteiger partial charge in [-0.1, -0.05) is 0 Å². The third kappa shape index (κ3) is 2.22. The minimum absolute atomic E-state index is 0.0752. The summed E-state index contributed by atoms with van der Waals surface area (Å²) < 4.78 is 0. The van der Waals surface area contributed by atoms with Crippen molar-refractivity contribution >= 4 is 12.0 Å². The highest BCUT2D eigenvalue weighted by Crippen LogP contribution is 2.25. The molecule has 0 radical (unpaired) electrons. The van der Waals surface area contributed by atoms with Crippen LogP contribution in [0.25, 0.3) is 0 Å². The van der Waals surface area contributed by atoms with E-state index in [9.17, 15) is 9.59 Å². The van der Waals surface area contributed by atoms with Gasteiger partial charge in [0.25, 0.3) is 0 Å². The molecule has 0 spiro atoms. The first-order valence-electron chi connectivity index (χ1n) is 5.23. The molecule has 2 atom stereocenters. The lowest BCUT2D eigenvalue weighted by Gasteiger charge is -2.27. The lowest BCUT2D eigenvalue weighted by Crippen LogP contribution is -2.44. The summed E-state index contributed by atoms with van der Waals surface area (Å²) in [5, 5.41) is 8.93. The number of rotatable bonds is 2. The van der Waals surface area contributed by atoms with E-state index in [2.05, 4.69) is 0 Å². The highest BCUT2D eigenvalue weighted by atomic mass is 16.4. The van der Waals surface area contributed by atoms with E-state index in [-0.39, 0.29) is 12.1 Å². The molecule has 0 aliphatic carbocycles. The maximum atomic E-state index is 11.8. The van der Waals surface area contributed by atoms with E-state index in [1.807, 2.05) is 6.92 Å². The van der Waals surface area contributed by atoms with Crippen molar-refractivity contribution in [1.29, 1.82) is 0 Å². The maximum Gasteiger partial charge on any atom is 0.319 e. The summed E-state index contributed by atoms with van der Waals surface area (Å²) in [6, 6.07) is -0.280. The van der Waals surface area contributed by atoms with Gasteiger partial charge in [-0.05, 0) is 20.3 Å². The zero-order valence-corrected chi connectivity index (χ0v) is 9.43. The number of carboxylic acid groups (broad SMARTS) is 1. The molecular formula is C10H18N2O3. The first-order chi connectivity index (χ1) is 6.99. The van der Waals surface area contributed by atoms with Crippen LogP contribution >= 0.6 is 0 Å². The van der Waals surface area contributed by atoms with Gasteiger partial charge in [0, 0.05) is 26.2 Å². The first-order valence-corrected chi connectivity index (χ1v) is 5.23. The van der Waals surface area contributed by atoms with Gasteiger partial charge in [-0.2, -0.15) is 0 Å². The summed E-state index contributed by atoms with van der Waals surface area (Å²) in [5.74, 6) is -1.23. The summed E-state index contributed by atoms with van der Waals surface area (Å²) in [6.07, 6.45) is 0.555. The normalized spacial score (nSPS) is 25.4. The second-order valence-corrected chi connectivity index (χ2v) is 3.96. The van der Waals surface area contributed by atoms with E-state index in [0.29, 0.717) is 19.5 Å². The van der Waals surface area contributed by atoms with Gasteiger partial charge in [0.15, 0.2) is 0 Å². The summed E-state index contributed by atoms with van der Waals surface area (Å²) in [7, 11) is 1.73. The molecule has 1 heterocycles. The van der Waals surface area contributed by atoms with Crippen LogP contribution < -0.4 is 0 Å². The molecule has 2 unspecified atom stereocenters. The number of likely N-dealkylation sites (tertiary alicyclic amines) is 1. The summed E-state index contributed by atoms with van der Waals surface area (Å²) in [5.41, 5.74) is 0. The van der Waals surface area contributed by atoms with Crippen molar-refractivity contribution in [3.8, 4) is 0 Å². The number of amides is 2. The largest absolute Gasteiger partial charge is 0.481 e. The van der Waals surface area contributed by atoms with Crippen molar-refractivity contribution in [2.45, 2.75) is 26.3 Å².